The third-order valence-corrected chi connectivity index (χ3v) is 3.16. The molecule has 0 aliphatic carbocycles. The third-order valence-electron chi connectivity index (χ3n) is 2.30. The maximum atomic E-state index is 13.6. The fourth-order valence-corrected chi connectivity index (χ4v) is 2.19. The van der Waals surface area contributed by atoms with Gasteiger partial charge in [0.15, 0.2) is 11.6 Å². The molecule has 18 heavy (non-hydrogen) atoms. The predicted octanol–water partition coefficient (Wildman–Crippen LogP) is 4.96. The molecule has 0 atom stereocenters. The molecule has 0 saturated carbocycles. The van der Waals surface area contributed by atoms with Crippen LogP contribution in [0.2, 0.25) is 5.02 Å². The van der Waals surface area contributed by atoms with Gasteiger partial charge in [0.1, 0.15) is 6.61 Å². The van der Waals surface area contributed by atoms with Crippen LogP contribution in [0.4, 0.5) is 8.78 Å². The smallest absolute Gasteiger partial charge is 0.203 e. The van der Waals surface area contributed by atoms with Crippen molar-refractivity contribution in [3.63, 3.8) is 0 Å². The highest BCUT2D eigenvalue weighted by Crippen LogP contribution is 2.34. The van der Waals surface area contributed by atoms with E-state index in [-0.39, 0.29) is 21.9 Å². The van der Waals surface area contributed by atoms with Crippen molar-refractivity contribution in [2.45, 2.75) is 6.61 Å². The zero-order chi connectivity index (χ0) is 13.1. The molecule has 0 bridgehead atoms. The van der Waals surface area contributed by atoms with Crippen LogP contribution >= 0.6 is 27.5 Å². The van der Waals surface area contributed by atoms with E-state index < -0.39 is 11.6 Å². The van der Waals surface area contributed by atoms with E-state index in [1.165, 1.54) is 6.07 Å². The second kappa shape index (κ2) is 5.67. The predicted molar refractivity (Wildman–Crippen MR) is 69.8 cm³/mol. The third kappa shape index (κ3) is 2.82. The van der Waals surface area contributed by atoms with Gasteiger partial charge < -0.3 is 4.74 Å². The van der Waals surface area contributed by atoms with E-state index in [0.29, 0.717) is 0 Å². The van der Waals surface area contributed by atoms with Crippen LogP contribution in [0.1, 0.15) is 5.56 Å². The minimum atomic E-state index is -1.09. The van der Waals surface area contributed by atoms with Crippen molar-refractivity contribution >= 4 is 27.5 Å². The number of hydrogen-bond donors (Lipinski definition) is 0. The SMILES string of the molecule is Fc1c(Br)cc(Cl)c(OCc2ccccc2)c1F. The van der Waals surface area contributed by atoms with Crippen molar-refractivity contribution < 1.29 is 13.5 Å². The first-order valence-electron chi connectivity index (χ1n) is 5.09. The summed E-state index contributed by atoms with van der Waals surface area (Å²) in [6.07, 6.45) is 0. The van der Waals surface area contributed by atoms with Gasteiger partial charge in [-0.05, 0) is 27.6 Å². The molecule has 0 saturated heterocycles. The van der Waals surface area contributed by atoms with Gasteiger partial charge >= 0.3 is 0 Å². The van der Waals surface area contributed by atoms with E-state index in [9.17, 15) is 8.78 Å². The van der Waals surface area contributed by atoms with Crippen LogP contribution in [0.15, 0.2) is 40.9 Å². The van der Waals surface area contributed by atoms with Crippen molar-refractivity contribution in [2.75, 3.05) is 0 Å². The summed E-state index contributed by atoms with van der Waals surface area (Å²) in [5.41, 5.74) is 0.844. The molecule has 1 nitrogen and oxygen atoms in total. The summed E-state index contributed by atoms with van der Waals surface area (Å²) >= 11 is 8.68. The first-order chi connectivity index (χ1) is 8.59. The van der Waals surface area contributed by atoms with Crippen LogP contribution in [0.5, 0.6) is 5.75 Å². The molecule has 2 rings (SSSR count). The summed E-state index contributed by atoms with van der Waals surface area (Å²) in [7, 11) is 0. The molecule has 5 heteroatoms. The Labute approximate surface area is 116 Å². The van der Waals surface area contributed by atoms with Gasteiger partial charge in [0, 0.05) is 0 Å². The highest BCUT2D eigenvalue weighted by atomic mass is 79.9. The van der Waals surface area contributed by atoms with Crippen LogP contribution in [-0.2, 0) is 6.61 Å². The van der Waals surface area contributed by atoms with Crippen LogP contribution in [0.25, 0.3) is 0 Å². The Morgan fingerprint density at radius 2 is 1.78 bits per heavy atom. The summed E-state index contributed by atoms with van der Waals surface area (Å²) in [6, 6.07) is 10.4. The van der Waals surface area contributed by atoms with Crippen molar-refractivity contribution in [3.8, 4) is 5.75 Å². The lowest BCUT2D eigenvalue weighted by molar-refractivity contribution is 0.284. The fourth-order valence-electron chi connectivity index (χ4n) is 1.41. The molecule has 0 aliphatic rings. The summed E-state index contributed by atoms with van der Waals surface area (Å²) in [4.78, 5) is 0. The number of benzene rings is 2. The Bertz CT molecular complexity index is 561. The van der Waals surface area contributed by atoms with E-state index in [0.717, 1.165) is 5.56 Å². The summed E-state index contributed by atoms with van der Waals surface area (Å²) in [5, 5.41) is 0.0247. The Morgan fingerprint density at radius 1 is 1.11 bits per heavy atom. The maximum Gasteiger partial charge on any atom is 0.203 e. The highest BCUT2D eigenvalue weighted by Gasteiger charge is 2.17. The zero-order valence-corrected chi connectivity index (χ0v) is 11.4. The topological polar surface area (TPSA) is 9.23 Å². The van der Waals surface area contributed by atoms with Gasteiger partial charge in [0.2, 0.25) is 5.82 Å². The first-order valence-corrected chi connectivity index (χ1v) is 6.26. The lowest BCUT2D eigenvalue weighted by Crippen LogP contribution is -2.00. The molecule has 0 radical (unpaired) electrons. The number of halogens is 4. The van der Waals surface area contributed by atoms with E-state index >= 15 is 0 Å². The molecule has 0 fully saturated rings. The fraction of sp³-hybridized carbons (Fsp3) is 0.0769. The average molecular weight is 334 g/mol. The standard InChI is InChI=1S/C13H8BrClF2O/c14-9-6-10(15)13(12(17)11(9)16)18-7-8-4-2-1-3-5-8/h1-6H,7H2. The minimum Gasteiger partial charge on any atom is -0.484 e. The normalized spacial score (nSPS) is 10.4. The zero-order valence-electron chi connectivity index (χ0n) is 9.09. The second-order valence-corrected chi connectivity index (χ2v) is 4.83. The Hall–Kier alpha value is -1.13. The molecular formula is C13H8BrClF2O. The number of ether oxygens (including phenoxy) is 1. The molecule has 0 aliphatic heterocycles. The van der Waals surface area contributed by atoms with E-state index in [4.69, 9.17) is 16.3 Å². The van der Waals surface area contributed by atoms with Crippen molar-refractivity contribution in [1.29, 1.82) is 0 Å². The van der Waals surface area contributed by atoms with Gasteiger partial charge in [-0.3, -0.25) is 0 Å². The van der Waals surface area contributed by atoms with Crippen molar-refractivity contribution in [3.05, 3.63) is 63.1 Å². The second-order valence-electron chi connectivity index (χ2n) is 3.57. The molecule has 2 aromatic carbocycles. The molecule has 0 heterocycles. The molecule has 0 amide bonds. The van der Waals surface area contributed by atoms with Gasteiger partial charge in [0.25, 0.3) is 0 Å². The molecular weight excluding hydrogens is 325 g/mol. The van der Waals surface area contributed by atoms with E-state index in [2.05, 4.69) is 15.9 Å². The average Bonchev–Trinajstić information content (AvgIpc) is 2.37. The molecule has 0 spiro atoms. The highest BCUT2D eigenvalue weighted by molar-refractivity contribution is 9.10. The molecule has 0 unspecified atom stereocenters. The van der Waals surface area contributed by atoms with Gasteiger partial charge in [-0.15, -0.1) is 0 Å². The lowest BCUT2D eigenvalue weighted by atomic mass is 10.2. The van der Waals surface area contributed by atoms with Gasteiger partial charge in [-0.25, -0.2) is 4.39 Å². The lowest BCUT2D eigenvalue weighted by Gasteiger charge is -2.10. The Balaban J connectivity index is 2.22. The van der Waals surface area contributed by atoms with Crippen LogP contribution in [0.3, 0.4) is 0 Å². The van der Waals surface area contributed by atoms with Crippen molar-refractivity contribution in [2.24, 2.45) is 0 Å². The molecule has 0 aromatic heterocycles. The van der Waals surface area contributed by atoms with Crippen LogP contribution < -0.4 is 4.74 Å². The first kappa shape index (κ1) is 13.3. The largest absolute Gasteiger partial charge is 0.484 e. The minimum absolute atomic E-state index is 0.0247. The molecule has 0 N–H and O–H groups in total. The summed E-state index contributed by atoms with van der Waals surface area (Å²) < 4.78 is 32.1. The molecule has 2 aromatic rings. The van der Waals surface area contributed by atoms with Gasteiger partial charge in [-0.2, -0.15) is 4.39 Å². The summed E-state index contributed by atoms with van der Waals surface area (Å²) in [5.74, 6) is -2.38. The maximum absolute atomic E-state index is 13.6. The Kier molecular flexibility index (Phi) is 4.19. The van der Waals surface area contributed by atoms with Gasteiger partial charge in [-0.1, -0.05) is 41.9 Å². The quantitative estimate of drug-likeness (QED) is 0.570. The van der Waals surface area contributed by atoms with Crippen LogP contribution in [-0.4, -0.2) is 0 Å². The monoisotopic (exact) mass is 332 g/mol. The van der Waals surface area contributed by atoms with Crippen molar-refractivity contribution in [1.82, 2.24) is 0 Å². The summed E-state index contributed by atoms with van der Waals surface area (Å²) in [6.45, 7) is 0.124. The number of rotatable bonds is 3. The Morgan fingerprint density at radius 3 is 2.44 bits per heavy atom. The van der Waals surface area contributed by atoms with Crippen LogP contribution in [0, 0.1) is 11.6 Å². The van der Waals surface area contributed by atoms with E-state index in [1.54, 1.807) is 0 Å². The number of hydrogen-bond acceptors (Lipinski definition) is 1. The van der Waals surface area contributed by atoms with Gasteiger partial charge in [0.05, 0.1) is 9.50 Å². The molecule has 94 valence electrons. The van der Waals surface area contributed by atoms with E-state index in [1.807, 2.05) is 30.3 Å².